The number of rotatable bonds is 4. The summed E-state index contributed by atoms with van der Waals surface area (Å²) in [5.41, 5.74) is 0.689. The Morgan fingerprint density at radius 2 is 1.96 bits per heavy atom. The van der Waals surface area contributed by atoms with Crippen LogP contribution >= 0.6 is 0 Å². The second-order valence-corrected chi connectivity index (χ2v) is 8.27. The van der Waals surface area contributed by atoms with Crippen LogP contribution in [-0.2, 0) is 16.6 Å². The van der Waals surface area contributed by atoms with Crippen LogP contribution in [0.4, 0.5) is 9.18 Å². The number of piperidine rings is 1. The lowest BCUT2D eigenvalue weighted by molar-refractivity contribution is 0.0170. The fraction of sp³-hybridized carbons (Fsp3) is 0.619. The maximum atomic E-state index is 15.0. The van der Waals surface area contributed by atoms with E-state index < -0.39 is 5.60 Å². The Morgan fingerprint density at radius 3 is 2.48 bits per heavy atom. The zero-order valence-corrected chi connectivity index (χ0v) is 16.9. The number of halogens is 1. The highest BCUT2D eigenvalue weighted by molar-refractivity contribution is 5.68. The van der Waals surface area contributed by atoms with Gasteiger partial charge in [0, 0.05) is 19.2 Å². The Bertz CT molecular complexity index is 726. The molecule has 1 saturated heterocycles. The first-order chi connectivity index (χ1) is 12.6. The van der Waals surface area contributed by atoms with Crippen LogP contribution in [0.5, 0.6) is 5.75 Å². The van der Waals surface area contributed by atoms with E-state index in [-0.39, 0.29) is 23.9 Å². The van der Waals surface area contributed by atoms with E-state index >= 15 is 0 Å². The van der Waals surface area contributed by atoms with E-state index in [1.165, 1.54) is 6.07 Å². The molecule has 0 saturated carbocycles. The average Bonchev–Trinajstić information content (AvgIpc) is 2.58. The highest BCUT2D eigenvalue weighted by atomic mass is 19.1. The number of carbonyl (C=O) groups excluding carboxylic acids is 1. The van der Waals surface area contributed by atoms with Crippen molar-refractivity contribution in [1.82, 2.24) is 4.90 Å². The van der Waals surface area contributed by atoms with Gasteiger partial charge in [0.25, 0.3) is 0 Å². The van der Waals surface area contributed by atoms with E-state index in [1.807, 2.05) is 46.8 Å². The van der Waals surface area contributed by atoms with E-state index in [0.717, 1.165) is 5.56 Å². The van der Waals surface area contributed by atoms with Crippen LogP contribution in [-0.4, -0.2) is 36.3 Å². The quantitative estimate of drug-likeness (QED) is 0.772. The average molecular weight is 376 g/mol. The molecule has 1 aromatic rings. The van der Waals surface area contributed by atoms with Crippen molar-refractivity contribution in [2.75, 3.05) is 19.7 Å². The molecule has 1 amide bonds. The van der Waals surface area contributed by atoms with Gasteiger partial charge in [-0.15, -0.1) is 0 Å². The zero-order valence-electron chi connectivity index (χ0n) is 16.9. The Hall–Kier alpha value is -2.29. The van der Waals surface area contributed by atoms with Gasteiger partial charge in [0.05, 0.1) is 0 Å². The molecule has 1 aromatic carbocycles. The van der Waals surface area contributed by atoms with Crippen molar-refractivity contribution in [3.8, 4) is 11.8 Å². The normalized spacial score (nSPS) is 16.6. The molecule has 0 radical (unpaired) electrons. The number of carbonyl (C=O) groups is 1. The Kier molecular flexibility index (Phi) is 6.35. The summed E-state index contributed by atoms with van der Waals surface area (Å²) in [7, 11) is 0. The molecule has 0 N–H and O–H groups in total. The summed E-state index contributed by atoms with van der Waals surface area (Å²) >= 11 is 0. The van der Waals surface area contributed by atoms with E-state index in [0.29, 0.717) is 43.7 Å². The molecule has 1 fully saturated rings. The lowest BCUT2D eigenvalue weighted by Gasteiger charge is -2.41. The van der Waals surface area contributed by atoms with Crippen LogP contribution in [0, 0.1) is 17.1 Å². The molecule has 0 atom stereocenters. The zero-order chi connectivity index (χ0) is 20.2. The highest BCUT2D eigenvalue weighted by Crippen LogP contribution is 2.40. The molecule has 0 bridgehead atoms. The summed E-state index contributed by atoms with van der Waals surface area (Å²) in [6, 6.07) is 5.08. The predicted molar refractivity (Wildman–Crippen MR) is 101 cm³/mol. The topological polar surface area (TPSA) is 62.6 Å². The summed E-state index contributed by atoms with van der Waals surface area (Å²) in [6.45, 7) is 10.5. The molecule has 1 heterocycles. The molecule has 5 nitrogen and oxygen atoms in total. The summed E-state index contributed by atoms with van der Waals surface area (Å²) in [4.78, 5) is 14.0. The number of benzene rings is 1. The van der Waals surface area contributed by atoms with Gasteiger partial charge in [0.2, 0.25) is 0 Å². The van der Waals surface area contributed by atoms with Gasteiger partial charge < -0.3 is 14.4 Å². The number of likely N-dealkylation sites (tertiary alicyclic amines) is 1. The number of hydrogen-bond acceptors (Lipinski definition) is 4. The van der Waals surface area contributed by atoms with E-state index in [4.69, 9.17) is 14.7 Å². The number of aryl methyl sites for hydroxylation is 1. The lowest BCUT2D eigenvalue weighted by Crippen LogP contribution is -2.46. The second-order valence-electron chi connectivity index (χ2n) is 8.27. The first kappa shape index (κ1) is 21.0. The molecule has 0 aliphatic carbocycles. The molecule has 2 rings (SSSR count). The summed E-state index contributed by atoms with van der Waals surface area (Å²) in [6.07, 6.45) is 1.67. The van der Waals surface area contributed by atoms with Gasteiger partial charge in [-0.05, 0) is 62.6 Å². The third-order valence-electron chi connectivity index (χ3n) is 4.95. The predicted octanol–water partition coefficient (Wildman–Crippen LogP) is 4.58. The van der Waals surface area contributed by atoms with Gasteiger partial charge >= 0.3 is 6.09 Å². The van der Waals surface area contributed by atoms with Gasteiger partial charge in [-0.3, -0.25) is 0 Å². The molecule has 0 aromatic heterocycles. The summed E-state index contributed by atoms with van der Waals surface area (Å²) in [5, 5.41) is 8.65. The monoisotopic (exact) mass is 376 g/mol. The van der Waals surface area contributed by atoms with Crippen LogP contribution < -0.4 is 4.74 Å². The van der Waals surface area contributed by atoms with Crippen molar-refractivity contribution in [1.29, 1.82) is 5.26 Å². The first-order valence-electron chi connectivity index (χ1n) is 9.40. The van der Waals surface area contributed by atoms with E-state index in [1.54, 1.807) is 4.90 Å². The highest BCUT2D eigenvalue weighted by Gasteiger charge is 2.38. The van der Waals surface area contributed by atoms with Gasteiger partial charge in [-0.2, -0.15) is 5.26 Å². The van der Waals surface area contributed by atoms with Crippen LogP contribution in [0.1, 0.15) is 58.6 Å². The molecule has 1 aliphatic rings. The molecule has 27 heavy (non-hydrogen) atoms. The third kappa shape index (κ3) is 5.12. The Morgan fingerprint density at radius 1 is 1.33 bits per heavy atom. The Balaban J connectivity index is 2.19. The number of amides is 1. The maximum Gasteiger partial charge on any atom is 0.410 e. The van der Waals surface area contributed by atoms with Crippen molar-refractivity contribution in [3.63, 3.8) is 0 Å². The smallest absolute Gasteiger partial charge is 0.410 e. The van der Waals surface area contributed by atoms with Crippen LogP contribution in [0.15, 0.2) is 12.1 Å². The fourth-order valence-electron chi connectivity index (χ4n) is 3.55. The van der Waals surface area contributed by atoms with Crippen LogP contribution in [0.2, 0.25) is 0 Å². The van der Waals surface area contributed by atoms with Gasteiger partial charge in [0.1, 0.15) is 23.2 Å². The third-order valence-corrected chi connectivity index (χ3v) is 4.95. The van der Waals surface area contributed by atoms with Crippen LogP contribution in [0.25, 0.3) is 0 Å². The number of nitriles is 1. The van der Waals surface area contributed by atoms with Crippen molar-refractivity contribution >= 4 is 6.09 Å². The van der Waals surface area contributed by atoms with E-state index in [9.17, 15) is 9.18 Å². The first-order valence-corrected chi connectivity index (χ1v) is 9.40. The molecule has 148 valence electrons. The summed E-state index contributed by atoms with van der Waals surface area (Å²) < 4.78 is 25.7. The van der Waals surface area contributed by atoms with Crippen molar-refractivity contribution in [2.45, 2.75) is 64.9 Å². The van der Waals surface area contributed by atoms with Crippen molar-refractivity contribution in [3.05, 3.63) is 29.1 Å². The molecule has 6 heteroatoms. The number of nitrogens with zero attached hydrogens (tertiary/aromatic N) is 2. The second kappa shape index (κ2) is 8.16. The fourth-order valence-corrected chi connectivity index (χ4v) is 3.55. The largest absolute Gasteiger partial charge is 0.479 e. The molecule has 0 spiro atoms. The standard InChI is InChI=1S/C21H29FN2O3/c1-6-15-13-16(26-12-9-23)14-17(22)18(15)21(5)7-10-24(11-8-21)19(25)27-20(2,3)4/h13-14H,6-8,10-12H2,1-5H3. The lowest BCUT2D eigenvalue weighted by atomic mass is 9.72. The minimum atomic E-state index is -0.529. The maximum absolute atomic E-state index is 15.0. The minimum Gasteiger partial charge on any atom is -0.479 e. The minimum absolute atomic E-state index is 0.107. The Labute approximate surface area is 161 Å². The van der Waals surface area contributed by atoms with Gasteiger partial charge in [0.15, 0.2) is 6.61 Å². The molecular weight excluding hydrogens is 347 g/mol. The molecular formula is C21H29FN2O3. The molecule has 0 unspecified atom stereocenters. The van der Waals surface area contributed by atoms with Gasteiger partial charge in [-0.1, -0.05) is 13.8 Å². The van der Waals surface area contributed by atoms with E-state index in [2.05, 4.69) is 0 Å². The van der Waals surface area contributed by atoms with Crippen LogP contribution in [0.3, 0.4) is 0 Å². The van der Waals surface area contributed by atoms with Crippen molar-refractivity contribution in [2.24, 2.45) is 0 Å². The number of hydrogen-bond donors (Lipinski definition) is 0. The molecule has 1 aliphatic heterocycles. The van der Waals surface area contributed by atoms with Crippen molar-refractivity contribution < 1.29 is 18.7 Å². The summed E-state index contributed by atoms with van der Waals surface area (Å²) in [5.74, 6) is 0.0694. The van der Waals surface area contributed by atoms with Gasteiger partial charge in [-0.25, -0.2) is 9.18 Å². The number of ether oxygens (including phenoxy) is 2. The SMILES string of the molecule is CCc1cc(OCC#N)cc(F)c1C1(C)CCN(C(=O)OC(C)(C)C)CC1.